The Hall–Kier alpha value is -2.32. The molecular weight excluding hydrogens is 284 g/mol. The fourth-order valence-electron chi connectivity index (χ4n) is 2.58. The predicted molar refractivity (Wildman–Crippen MR) is 80.6 cm³/mol. The highest BCUT2D eigenvalue weighted by molar-refractivity contribution is 7.91. The molecule has 3 rings (SSSR count). The van der Waals surface area contributed by atoms with Crippen LogP contribution in [0.3, 0.4) is 0 Å². The van der Waals surface area contributed by atoms with Crippen LogP contribution in [0, 0.1) is 11.3 Å². The maximum Gasteiger partial charge on any atom is 0.178 e. The standard InChI is InChI=1S/C16H14N2O2S/c17-11-12-5-7-13(8-6-12)18-15-9-10-21(19,20)16-4-2-1-3-14(15)16/h1-8,15,18H,9-10H2. The van der Waals surface area contributed by atoms with Gasteiger partial charge in [-0.15, -0.1) is 0 Å². The summed E-state index contributed by atoms with van der Waals surface area (Å²) in [6.07, 6.45) is 0.541. The first kappa shape index (κ1) is 13.7. The smallest absolute Gasteiger partial charge is 0.178 e. The van der Waals surface area contributed by atoms with Gasteiger partial charge in [-0.1, -0.05) is 18.2 Å². The molecule has 1 heterocycles. The minimum atomic E-state index is -3.16. The number of hydrogen-bond donors (Lipinski definition) is 1. The molecule has 21 heavy (non-hydrogen) atoms. The summed E-state index contributed by atoms with van der Waals surface area (Å²) in [5, 5.41) is 12.2. The molecule has 0 aromatic heterocycles. The molecule has 1 atom stereocenters. The number of nitriles is 1. The molecule has 5 heteroatoms. The molecular formula is C16H14N2O2S. The molecule has 0 aliphatic carbocycles. The molecule has 0 bridgehead atoms. The molecule has 0 saturated carbocycles. The van der Waals surface area contributed by atoms with E-state index in [0.717, 1.165) is 11.3 Å². The van der Waals surface area contributed by atoms with E-state index in [2.05, 4.69) is 11.4 Å². The van der Waals surface area contributed by atoms with Crippen LogP contribution in [0.25, 0.3) is 0 Å². The Kier molecular flexibility index (Phi) is 3.40. The normalized spacial score (nSPS) is 19.3. The second-order valence-electron chi connectivity index (χ2n) is 5.03. The van der Waals surface area contributed by atoms with Gasteiger partial charge in [0.1, 0.15) is 0 Å². The summed E-state index contributed by atoms with van der Waals surface area (Å²) in [5.74, 6) is 0.151. The molecule has 1 aliphatic rings. The summed E-state index contributed by atoms with van der Waals surface area (Å²) in [5.41, 5.74) is 2.30. The van der Waals surface area contributed by atoms with E-state index < -0.39 is 9.84 Å². The van der Waals surface area contributed by atoms with Crippen molar-refractivity contribution in [2.75, 3.05) is 11.1 Å². The van der Waals surface area contributed by atoms with Gasteiger partial charge in [0.05, 0.1) is 28.3 Å². The van der Waals surface area contributed by atoms with Gasteiger partial charge in [-0.2, -0.15) is 5.26 Å². The van der Waals surface area contributed by atoms with Crippen molar-refractivity contribution in [2.24, 2.45) is 0 Å². The van der Waals surface area contributed by atoms with Crippen LogP contribution in [-0.2, 0) is 9.84 Å². The van der Waals surface area contributed by atoms with Crippen molar-refractivity contribution in [1.82, 2.24) is 0 Å². The molecule has 2 aromatic rings. The first-order valence-electron chi connectivity index (χ1n) is 6.68. The van der Waals surface area contributed by atoms with Crippen LogP contribution in [0.4, 0.5) is 5.69 Å². The fourth-order valence-corrected chi connectivity index (χ4v) is 4.20. The number of nitrogens with zero attached hydrogens (tertiary/aromatic N) is 1. The topological polar surface area (TPSA) is 70.0 Å². The van der Waals surface area contributed by atoms with E-state index in [9.17, 15) is 8.42 Å². The number of benzene rings is 2. The quantitative estimate of drug-likeness (QED) is 0.925. The van der Waals surface area contributed by atoms with Crippen LogP contribution in [0.15, 0.2) is 53.4 Å². The SMILES string of the molecule is N#Cc1ccc(NC2CCS(=O)(=O)c3ccccc32)cc1. The predicted octanol–water partition coefficient (Wildman–Crippen LogP) is 2.89. The number of fused-ring (bicyclic) bond motifs is 1. The lowest BCUT2D eigenvalue weighted by Gasteiger charge is -2.27. The van der Waals surface area contributed by atoms with Crippen LogP contribution in [0.1, 0.15) is 23.6 Å². The lowest BCUT2D eigenvalue weighted by molar-refractivity contribution is 0.576. The molecule has 0 amide bonds. The van der Waals surface area contributed by atoms with Crippen molar-refractivity contribution in [3.8, 4) is 6.07 Å². The van der Waals surface area contributed by atoms with Crippen molar-refractivity contribution in [1.29, 1.82) is 5.26 Å². The Morgan fingerprint density at radius 2 is 1.81 bits per heavy atom. The molecule has 1 aliphatic heterocycles. The number of anilines is 1. The molecule has 0 saturated heterocycles. The zero-order valence-corrected chi connectivity index (χ0v) is 12.1. The number of nitrogens with one attached hydrogen (secondary N) is 1. The third kappa shape index (κ3) is 2.63. The number of hydrogen-bond acceptors (Lipinski definition) is 4. The van der Waals surface area contributed by atoms with Crippen LogP contribution in [-0.4, -0.2) is 14.2 Å². The third-order valence-corrected chi connectivity index (χ3v) is 5.47. The van der Waals surface area contributed by atoms with E-state index in [1.165, 1.54) is 0 Å². The van der Waals surface area contributed by atoms with Crippen molar-refractivity contribution < 1.29 is 8.42 Å². The Labute approximate surface area is 124 Å². The zero-order valence-electron chi connectivity index (χ0n) is 11.3. The maximum absolute atomic E-state index is 12.1. The van der Waals surface area contributed by atoms with Crippen molar-refractivity contribution in [3.63, 3.8) is 0 Å². The third-order valence-electron chi connectivity index (χ3n) is 3.66. The minimum Gasteiger partial charge on any atom is -0.378 e. The highest BCUT2D eigenvalue weighted by atomic mass is 32.2. The van der Waals surface area contributed by atoms with Crippen LogP contribution >= 0.6 is 0 Å². The molecule has 106 valence electrons. The summed E-state index contributed by atoms with van der Waals surface area (Å²) in [6, 6.07) is 16.3. The molecule has 0 radical (unpaired) electrons. The van der Waals surface area contributed by atoms with Gasteiger partial charge in [0, 0.05) is 5.69 Å². The molecule has 0 spiro atoms. The molecule has 1 unspecified atom stereocenters. The average molecular weight is 298 g/mol. The van der Waals surface area contributed by atoms with Gasteiger partial charge < -0.3 is 5.32 Å². The van der Waals surface area contributed by atoms with Crippen molar-refractivity contribution >= 4 is 15.5 Å². The molecule has 1 N–H and O–H groups in total. The monoisotopic (exact) mass is 298 g/mol. The first-order valence-corrected chi connectivity index (χ1v) is 8.34. The second kappa shape index (κ2) is 5.23. The summed E-state index contributed by atoms with van der Waals surface area (Å²) in [4.78, 5) is 0.419. The fraction of sp³-hybridized carbons (Fsp3) is 0.188. The molecule has 4 nitrogen and oxygen atoms in total. The van der Waals surface area contributed by atoms with E-state index in [1.807, 2.05) is 24.3 Å². The summed E-state index contributed by atoms with van der Waals surface area (Å²) in [6.45, 7) is 0. The highest BCUT2D eigenvalue weighted by Crippen LogP contribution is 2.34. The van der Waals surface area contributed by atoms with E-state index >= 15 is 0 Å². The van der Waals surface area contributed by atoms with Gasteiger partial charge in [0.2, 0.25) is 0 Å². The van der Waals surface area contributed by atoms with E-state index in [1.54, 1.807) is 24.3 Å². The Bertz CT molecular complexity index is 805. The zero-order chi connectivity index (χ0) is 14.9. The summed E-state index contributed by atoms with van der Waals surface area (Å²) < 4.78 is 24.2. The van der Waals surface area contributed by atoms with Crippen LogP contribution < -0.4 is 5.32 Å². The molecule has 2 aromatic carbocycles. The second-order valence-corrected chi connectivity index (χ2v) is 7.11. The van der Waals surface area contributed by atoms with Crippen molar-refractivity contribution in [2.45, 2.75) is 17.4 Å². The van der Waals surface area contributed by atoms with Gasteiger partial charge in [0.25, 0.3) is 0 Å². The van der Waals surface area contributed by atoms with Crippen LogP contribution in [0.5, 0.6) is 0 Å². The Morgan fingerprint density at radius 3 is 2.52 bits per heavy atom. The van der Waals surface area contributed by atoms with Gasteiger partial charge in [0.15, 0.2) is 9.84 Å². The molecule has 0 fully saturated rings. The number of rotatable bonds is 2. The largest absolute Gasteiger partial charge is 0.378 e. The first-order chi connectivity index (χ1) is 10.1. The van der Waals surface area contributed by atoms with Gasteiger partial charge in [-0.05, 0) is 42.3 Å². The number of sulfone groups is 1. The lowest BCUT2D eigenvalue weighted by Crippen LogP contribution is -2.24. The van der Waals surface area contributed by atoms with E-state index in [4.69, 9.17) is 5.26 Å². The van der Waals surface area contributed by atoms with E-state index in [0.29, 0.717) is 16.9 Å². The van der Waals surface area contributed by atoms with Gasteiger partial charge in [-0.25, -0.2) is 8.42 Å². The minimum absolute atomic E-state index is 0.0299. The highest BCUT2D eigenvalue weighted by Gasteiger charge is 2.29. The average Bonchev–Trinajstić information content (AvgIpc) is 2.51. The lowest BCUT2D eigenvalue weighted by atomic mass is 10.0. The van der Waals surface area contributed by atoms with Gasteiger partial charge in [-0.3, -0.25) is 0 Å². The maximum atomic E-state index is 12.1. The summed E-state index contributed by atoms with van der Waals surface area (Å²) >= 11 is 0. The Morgan fingerprint density at radius 1 is 1.10 bits per heavy atom. The van der Waals surface area contributed by atoms with Gasteiger partial charge >= 0.3 is 0 Å². The van der Waals surface area contributed by atoms with E-state index in [-0.39, 0.29) is 11.8 Å². The Balaban J connectivity index is 1.92. The van der Waals surface area contributed by atoms with Crippen LogP contribution in [0.2, 0.25) is 0 Å². The van der Waals surface area contributed by atoms with Crippen molar-refractivity contribution in [3.05, 3.63) is 59.7 Å². The summed E-state index contributed by atoms with van der Waals surface area (Å²) in [7, 11) is -3.16.